The predicted octanol–water partition coefficient (Wildman–Crippen LogP) is 5.40. The Kier molecular flexibility index (Phi) is 21.4. The van der Waals surface area contributed by atoms with Crippen LogP contribution in [0.15, 0.2) is 262 Å². The second-order valence-corrected chi connectivity index (χ2v) is 32.7. The van der Waals surface area contributed by atoms with Crippen molar-refractivity contribution in [2.24, 2.45) is 0 Å². The number of hydrogen-bond donors (Lipinski definition) is 0. The molecule has 0 nitrogen and oxygen atoms in total. The van der Waals surface area contributed by atoms with Crippen LogP contribution < -0.4 is 34.8 Å². The van der Waals surface area contributed by atoms with E-state index in [1.807, 2.05) is 0 Å². The molecule has 0 N–H and O–H groups in total. The van der Waals surface area contributed by atoms with Gasteiger partial charge in [0.25, 0.3) is 0 Å². The summed E-state index contributed by atoms with van der Waals surface area (Å²) in [6.07, 6.45) is 0. The summed E-state index contributed by atoms with van der Waals surface area (Å²) in [5.41, 5.74) is 0. The predicted molar refractivity (Wildman–Crippen MR) is 270 cm³/mol. The summed E-state index contributed by atoms with van der Waals surface area (Å²) in [5.74, 6) is 0. The van der Waals surface area contributed by atoms with Crippen LogP contribution in [0.3, 0.4) is 0 Å². The Morgan fingerprint density at radius 3 is 0.407 bits per heavy atom. The van der Waals surface area contributed by atoms with E-state index in [0.29, 0.717) is 0 Å². The molecule has 0 aliphatic carbocycles. The number of rotatable bonds is 12. The van der Waals surface area contributed by atoms with Gasteiger partial charge in [0.1, 0.15) is 0 Å². The molecule has 0 amide bonds. The van der Waals surface area contributed by atoms with Crippen LogP contribution in [0.25, 0.3) is 0 Å². The van der Waals surface area contributed by atoms with Crippen molar-refractivity contribution in [2.45, 2.75) is 0 Å². The summed E-state index contributed by atoms with van der Waals surface area (Å²) < 4.78 is 12.0. The molecular formula is C52H48As4RhS2. The van der Waals surface area contributed by atoms with Crippen LogP contribution in [0, 0.1) is 0 Å². The average molecular weight is 1140 g/mol. The van der Waals surface area contributed by atoms with E-state index in [2.05, 4.69) is 285 Å². The van der Waals surface area contributed by atoms with E-state index in [4.69, 9.17) is 0 Å². The molecular weight excluding hydrogens is 1090 g/mol. The van der Waals surface area contributed by atoms with Gasteiger partial charge < -0.3 is 23.3 Å². The van der Waals surface area contributed by atoms with Crippen molar-refractivity contribution >= 4 is 117 Å². The minimum Gasteiger partial charge on any atom is -1.00 e. The summed E-state index contributed by atoms with van der Waals surface area (Å²) in [4.78, 5) is 10.4. The molecule has 8 aromatic carbocycles. The molecule has 0 aliphatic rings. The Morgan fingerprint density at radius 2 is 0.305 bits per heavy atom. The fourth-order valence-electron chi connectivity index (χ4n) is 6.71. The smallest absolute Gasteiger partial charge is 1.00 e. The molecule has 59 heavy (non-hydrogen) atoms. The van der Waals surface area contributed by atoms with Gasteiger partial charge in [-0.1, -0.05) is 0 Å². The summed E-state index contributed by atoms with van der Waals surface area (Å²) in [6, 6.07) is 88.5. The Morgan fingerprint density at radius 1 is 0.203 bits per heavy atom. The first-order valence-corrected chi connectivity index (χ1v) is 33.8. The maximum Gasteiger partial charge on any atom is 2.00 e. The Bertz CT molecular complexity index is 1860. The van der Waals surface area contributed by atoms with Crippen LogP contribution in [0.4, 0.5) is 0 Å². The van der Waals surface area contributed by atoms with Gasteiger partial charge >= 0.3 is 375 Å². The van der Waals surface area contributed by atoms with Gasteiger partial charge in [-0.25, -0.2) is 0 Å². The van der Waals surface area contributed by atoms with E-state index in [1.165, 1.54) is 34.8 Å². The molecule has 297 valence electrons. The van der Waals surface area contributed by atoms with Crippen molar-refractivity contribution in [3.8, 4) is 0 Å². The normalized spacial score (nSPS) is 10.9. The van der Waals surface area contributed by atoms with E-state index in [-0.39, 0.29) is 19.5 Å². The van der Waals surface area contributed by atoms with Gasteiger partial charge in [-0.3, -0.25) is 0 Å². The van der Waals surface area contributed by atoms with Crippen LogP contribution >= 0.6 is 0 Å². The second kappa shape index (κ2) is 26.9. The topological polar surface area (TPSA) is 0 Å². The molecule has 0 bridgehead atoms. The molecule has 0 aromatic heterocycles. The quantitative estimate of drug-likeness (QED) is 0.0915. The van der Waals surface area contributed by atoms with Crippen molar-refractivity contribution < 1.29 is 19.5 Å². The molecule has 8 rings (SSSR count). The van der Waals surface area contributed by atoms with Crippen molar-refractivity contribution in [2.75, 3.05) is 0 Å². The van der Waals surface area contributed by atoms with E-state index >= 15 is 0 Å². The van der Waals surface area contributed by atoms with Crippen molar-refractivity contribution in [1.82, 2.24) is 0 Å². The monoisotopic (exact) mass is 1140 g/mol. The maximum atomic E-state index is 3.67. The van der Waals surface area contributed by atoms with Crippen molar-refractivity contribution in [1.29, 1.82) is 0 Å². The molecule has 0 saturated heterocycles. The van der Waals surface area contributed by atoms with Gasteiger partial charge in [0, 0.05) is 0 Å². The first-order valence-electron chi connectivity index (χ1n) is 19.3. The summed E-state index contributed by atoms with van der Waals surface area (Å²) in [5, 5.41) is 0. The summed E-state index contributed by atoms with van der Waals surface area (Å²) in [7, 11) is 0. The zero-order valence-electron chi connectivity index (χ0n) is 32.6. The number of hydrogen-bond acceptors (Lipinski definition) is 2. The molecule has 0 spiro atoms. The van der Waals surface area contributed by atoms with Crippen LogP contribution in [0.2, 0.25) is 0 Å². The van der Waals surface area contributed by atoms with Crippen molar-refractivity contribution in [3.05, 3.63) is 262 Å². The van der Waals surface area contributed by atoms with E-state index in [1.54, 1.807) is 0 Å². The Labute approximate surface area is 394 Å². The molecule has 0 heterocycles. The minimum absolute atomic E-state index is 0. The van der Waals surface area contributed by atoms with Crippen LogP contribution in [-0.4, -0.2) is 58.6 Å². The van der Waals surface area contributed by atoms with Gasteiger partial charge in [0.05, 0.1) is 0 Å². The fourth-order valence-corrected chi connectivity index (χ4v) is 30.7. The van der Waals surface area contributed by atoms with Crippen molar-refractivity contribution in [3.63, 3.8) is 0 Å². The third-order valence-corrected chi connectivity index (χ3v) is 32.7. The number of benzene rings is 8. The van der Waals surface area contributed by atoms with E-state index < -0.39 is 58.6 Å². The molecule has 0 fully saturated rings. The molecule has 0 atom stereocenters. The molecule has 0 unspecified atom stereocenters. The molecule has 7 heteroatoms. The first kappa shape index (κ1) is 46.9. The fraction of sp³-hybridized carbons (Fsp3) is 0. The zero-order valence-corrected chi connectivity index (χ0v) is 44.2. The SMILES string of the molecule is C(=C/[AsH](c1ccccc1)c1ccccc1)/[AsH](c1ccccc1)c1ccccc1.C(=C/[AsH](c1ccccc1)c1ccccc1)/[AsH](c1ccccc1)c1ccccc1.[Rh+2].[S-][S-]. The standard InChI is InChI=1S/2C26H24As2.Rh.S2/c2*1-5-13-23(14-6-1)27(24-15-7-2-8-16-24)21-22-28(25-17-9-3-10-18-25)26-19-11-4-12-20-26;;1-2/h2*1-22,27-28H;;/q;;+2;-2/b2*22-21-;;. The molecule has 0 aliphatic heterocycles. The molecule has 5 radical (unpaired) electrons. The van der Waals surface area contributed by atoms with E-state index in [0.717, 1.165) is 0 Å². The van der Waals surface area contributed by atoms with Gasteiger partial charge in [-0.05, 0) is 0 Å². The summed E-state index contributed by atoms with van der Waals surface area (Å²) in [6.45, 7) is 0. The van der Waals surface area contributed by atoms with E-state index in [9.17, 15) is 0 Å². The largest absolute Gasteiger partial charge is 2.00 e. The maximum absolute atomic E-state index is 3.67. The van der Waals surface area contributed by atoms with Crippen LogP contribution in [-0.2, 0) is 42.8 Å². The summed E-state index contributed by atoms with van der Waals surface area (Å²) >= 11 is 0.429. The molecule has 0 saturated carbocycles. The van der Waals surface area contributed by atoms with Gasteiger partial charge in [-0.2, -0.15) is 0 Å². The Balaban J connectivity index is 0.000000212. The van der Waals surface area contributed by atoms with Crippen LogP contribution in [0.5, 0.6) is 0 Å². The van der Waals surface area contributed by atoms with Gasteiger partial charge in [0.15, 0.2) is 0 Å². The minimum atomic E-state index is -1.73. The second-order valence-electron chi connectivity index (χ2n) is 13.2. The third-order valence-electron chi connectivity index (χ3n) is 9.51. The molecule has 8 aromatic rings. The van der Waals surface area contributed by atoms with Crippen LogP contribution in [0.1, 0.15) is 0 Å². The van der Waals surface area contributed by atoms with Gasteiger partial charge in [0.2, 0.25) is 0 Å². The average Bonchev–Trinajstić information content (AvgIpc) is 3.32. The third kappa shape index (κ3) is 14.5. The Hall–Kier alpha value is -3.20. The first-order chi connectivity index (χ1) is 28.8. The zero-order chi connectivity index (χ0) is 40.0. The van der Waals surface area contributed by atoms with Gasteiger partial charge in [-0.15, -0.1) is 0 Å².